The van der Waals surface area contributed by atoms with Gasteiger partial charge >= 0.3 is 0 Å². The first-order chi connectivity index (χ1) is 13.5. The zero-order valence-electron chi connectivity index (χ0n) is 16.5. The van der Waals surface area contributed by atoms with E-state index < -0.39 is 0 Å². The van der Waals surface area contributed by atoms with Crippen LogP contribution >= 0.6 is 0 Å². The number of benzene rings is 2. The van der Waals surface area contributed by atoms with E-state index in [2.05, 4.69) is 12.2 Å². The number of hydrogen-bond donors (Lipinski definition) is 1. The number of methoxy groups -OCH3 is 2. The molecule has 28 heavy (non-hydrogen) atoms. The Morgan fingerprint density at radius 3 is 2.57 bits per heavy atom. The Balaban J connectivity index is 1.76. The summed E-state index contributed by atoms with van der Waals surface area (Å²) in [7, 11) is 3.10. The second kappa shape index (κ2) is 8.78. The molecule has 148 valence electrons. The molecule has 1 atom stereocenters. The summed E-state index contributed by atoms with van der Waals surface area (Å²) in [6, 6.07) is 12.0. The van der Waals surface area contributed by atoms with E-state index in [4.69, 9.17) is 9.47 Å². The van der Waals surface area contributed by atoms with Crippen LogP contribution in [0.2, 0.25) is 0 Å². The maximum absolute atomic E-state index is 12.8. The highest BCUT2D eigenvalue weighted by atomic mass is 16.5. The first kappa shape index (κ1) is 19.7. The predicted octanol–water partition coefficient (Wildman–Crippen LogP) is 3.83. The molecule has 2 amide bonds. The molecule has 1 saturated heterocycles. The highest BCUT2D eigenvalue weighted by Gasteiger charge is 2.22. The Bertz CT molecular complexity index is 865. The molecule has 2 aromatic carbocycles. The molecular weight excluding hydrogens is 356 g/mol. The molecule has 0 bridgehead atoms. The van der Waals surface area contributed by atoms with Gasteiger partial charge in [-0.25, -0.2) is 0 Å². The van der Waals surface area contributed by atoms with Gasteiger partial charge < -0.3 is 19.7 Å². The molecule has 0 aliphatic carbocycles. The van der Waals surface area contributed by atoms with Crippen molar-refractivity contribution in [2.24, 2.45) is 5.92 Å². The molecule has 0 radical (unpaired) electrons. The van der Waals surface area contributed by atoms with Crippen LogP contribution in [0, 0.1) is 5.92 Å². The van der Waals surface area contributed by atoms with Crippen molar-refractivity contribution < 1.29 is 19.1 Å². The molecule has 1 unspecified atom stereocenters. The third-order valence-corrected chi connectivity index (χ3v) is 4.97. The van der Waals surface area contributed by atoms with Crippen LogP contribution in [0.25, 0.3) is 0 Å². The van der Waals surface area contributed by atoms with Gasteiger partial charge in [-0.2, -0.15) is 0 Å². The lowest BCUT2D eigenvalue weighted by atomic mass is 9.99. The van der Waals surface area contributed by atoms with Crippen LogP contribution in [0.4, 0.5) is 5.69 Å². The lowest BCUT2D eigenvalue weighted by Gasteiger charge is -2.31. The highest BCUT2D eigenvalue weighted by Crippen LogP contribution is 2.29. The molecule has 1 fully saturated rings. The zero-order valence-corrected chi connectivity index (χ0v) is 16.5. The van der Waals surface area contributed by atoms with Crippen LogP contribution in [0.5, 0.6) is 11.5 Å². The Hall–Kier alpha value is -3.02. The van der Waals surface area contributed by atoms with Crippen molar-refractivity contribution in [3.8, 4) is 11.5 Å². The van der Waals surface area contributed by atoms with Gasteiger partial charge in [0.1, 0.15) is 11.5 Å². The molecule has 1 N–H and O–H groups in total. The van der Waals surface area contributed by atoms with Crippen molar-refractivity contribution in [2.45, 2.75) is 19.8 Å². The first-order valence-corrected chi connectivity index (χ1v) is 9.44. The van der Waals surface area contributed by atoms with Gasteiger partial charge in [-0.3, -0.25) is 9.59 Å². The number of hydrogen-bond acceptors (Lipinski definition) is 4. The SMILES string of the molecule is COc1ccc(NC(=O)c2cccc(C(=O)N3CCCC(C)C3)c2)c(OC)c1. The average molecular weight is 382 g/mol. The van der Waals surface area contributed by atoms with E-state index in [1.165, 1.54) is 7.11 Å². The first-order valence-electron chi connectivity index (χ1n) is 9.44. The van der Waals surface area contributed by atoms with E-state index in [0.717, 1.165) is 25.9 Å². The molecule has 0 saturated carbocycles. The minimum Gasteiger partial charge on any atom is -0.497 e. The average Bonchev–Trinajstić information content (AvgIpc) is 2.73. The number of nitrogens with one attached hydrogen (secondary N) is 1. The second-order valence-electron chi connectivity index (χ2n) is 7.10. The van der Waals surface area contributed by atoms with E-state index in [0.29, 0.717) is 34.2 Å². The van der Waals surface area contributed by atoms with E-state index in [1.54, 1.807) is 49.6 Å². The summed E-state index contributed by atoms with van der Waals surface area (Å²) < 4.78 is 10.5. The summed E-state index contributed by atoms with van der Waals surface area (Å²) >= 11 is 0. The number of carbonyl (C=O) groups is 2. The molecule has 1 heterocycles. The largest absolute Gasteiger partial charge is 0.497 e. The van der Waals surface area contributed by atoms with E-state index >= 15 is 0 Å². The molecule has 0 aromatic heterocycles. The Morgan fingerprint density at radius 2 is 1.86 bits per heavy atom. The molecule has 3 rings (SSSR count). The van der Waals surface area contributed by atoms with E-state index in [9.17, 15) is 9.59 Å². The highest BCUT2D eigenvalue weighted by molar-refractivity contribution is 6.06. The van der Waals surface area contributed by atoms with Gasteiger partial charge in [0.15, 0.2) is 0 Å². The second-order valence-corrected chi connectivity index (χ2v) is 7.10. The molecule has 0 spiro atoms. The zero-order chi connectivity index (χ0) is 20.1. The van der Waals surface area contributed by atoms with Gasteiger partial charge in [0.2, 0.25) is 0 Å². The number of ether oxygens (including phenoxy) is 2. The minimum atomic E-state index is -0.301. The number of carbonyl (C=O) groups excluding carboxylic acids is 2. The molecular formula is C22H26N2O4. The Morgan fingerprint density at radius 1 is 1.07 bits per heavy atom. The lowest BCUT2D eigenvalue weighted by molar-refractivity contribution is 0.0683. The van der Waals surface area contributed by atoms with E-state index in [-0.39, 0.29) is 11.8 Å². The number of amides is 2. The standard InChI is InChI=1S/C22H26N2O4/c1-15-6-5-11-24(14-15)22(26)17-8-4-7-16(12-17)21(25)23-19-10-9-18(27-2)13-20(19)28-3/h4,7-10,12-13,15H,5-6,11,14H2,1-3H3,(H,23,25). The van der Waals surface area contributed by atoms with Gasteiger partial charge in [-0.05, 0) is 49.1 Å². The number of likely N-dealkylation sites (tertiary alicyclic amines) is 1. The fourth-order valence-corrected chi connectivity index (χ4v) is 3.45. The maximum Gasteiger partial charge on any atom is 0.255 e. The quantitative estimate of drug-likeness (QED) is 0.853. The smallest absolute Gasteiger partial charge is 0.255 e. The topological polar surface area (TPSA) is 67.9 Å². The summed E-state index contributed by atoms with van der Waals surface area (Å²) in [5, 5.41) is 2.84. The summed E-state index contributed by atoms with van der Waals surface area (Å²) in [6.45, 7) is 3.69. The summed E-state index contributed by atoms with van der Waals surface area (Å²) in [5.41, 5.74) is 1.49. The van der Waals surface area contributed by atoms with E-state index in [1.807, 2.05) is 4.90 Å². The molecule has 1 aliphatic heterocycles. The van der Waals surface area contributed by atoms with Crippen LogP contribution < -0.4 is 14.8 Å². The fraction of sp³-hybridized carbons (Fsp3) is 0.364. The van der Waals surface area contributed by atoms with Gasteiger partial charge in [0.25, 0.3) is 11.8 Å². The van der Waals surface area contributed by atoms with Crippen molar-refractivity contribution >= 4 is 17.5 Å². The van der Waals surface area contributed by atoms with Crippen LogP contribution in [-0.4, -0.2) is 44.0 Å². The number of piperidine rings is 1. The third-order valence-electron chi connectivity index (χ3n) is 4.97. The monoisotopic (exact) mass is 382 g/mol. The Kier molecular flexibility index (Phi) is 6.19. The predicted molar refractivity (Wildman–Crippen MR) is 108 cm³/mol. The van der Waals surface area contributed by atoms with Crippen LogP contribution in [0.1, 0.15) is 40.5 Å². The minimum absolute atomic E-state index is 0.0248. The van der Waals surface area contributed by atoms with Crippen molar-refractivity contribution in [3.05, 3.63) is 53.6 Å². The summed E-state index contributed by atoms with van der Waals surface area (Å²) in [5.74, 6) is 1.32. The fourth-order valence-electron chi connectivity index (χ4n) is 3.45. The number of nitrogens with zero attached hydrogens (tertiary/aromatic N) is 1. The van der Waals surface area contributed by atoms with Gasteiger partial charge in [0, 0.05) is 30.3 Å². The normalized spacial score (nSPS) is 16.4. The lowest BCUT2D eigenvalue weighted by Crippen LogP contribution is -2.39. The number of rotatable bonds is 5. The van der Waals surface area contributed by atoms with Gasteiger partial charge in [-0.1, -0.05) is 13.0 Å². The Labute approximate surface area is 165 Å². The van der Waals surface area contributed by atoms with Crippen LogP contribution in [-0.2, 0) is 0 Å². The third kappa shape index (κ3) is 4.44. The number of anilines is 1. The summed E-state index contributed by atoms with van der Waals surface area (Å²) in [6.07, 6.45) is 2.17. The summed E-state index contributed by atoms with van der Waals surface area (Å²) in [4.78, 5) is 27.4. The van der Waals surface area contributed by atoms with Crippen molar-refractivity contribution in [1.82, 2.24) is 4.90 Å². The van der Waals surface area contributed by atoms with Crippen molar-refractivity contribution in [1.29, 1.82) is 0 Å². The van der Waals surface area contributed by atoms with Crippen LogP contribution in [0.15, 0.2) is 42.5 Å². The molecule has 1 aliphatic rings. The van der Waals surface area contributed by atoms with Crippen molar-refractivity contribution in [2.75, 3.05) is 32.6 Å². The molecule has 6 heteroatoms. The van der Waals surface area contributed by atoms with Crippen LogP contribution in [0.3, 0.4) is 0 Å². The molecule has 6 nitrogen and oxygen atoms in total. The maximum atomic E-state index is 12.8. The molecule has 2 aromatic rings. The van der Waals surface area contributed by atoms with Crippen molar-refractivity contribution in [3.63, 3.8) is 0 Å². The van der Waals surface area contributed by atoms with Gasteiger partial charge in [0.05, 0.1) is 19.9 Å². The van der Waals surface area contributed by atoms with Gasteiger partial charge in [-0.15, -0.1) is 0 Å².